The maximum absolute atomic E-state index is 13.0. The Morgan fingerprint density at radius 3 is 2.27 bits per heavy atom. The zero-order valence-corrected chi connectivity index (χ0v) is 16.0. The molecule has 2 fully saturated rings. The minimum atomic E-state index is -0.525. The monoisotopic (exact) mass is 357 g/mol. The maximum Gasteiger partial charge on any atom is 0.234 e. The molecule has 1 aliphatic carbocycles. The van der Waals surface area contributed by atoms with Crippen LogP contribution >= 0.6 is 0 Å². The lowest BCUT2D eigenvalue weighted by Gasteiger charge is -2.38. The van der Waals surface area contributed by atoms with Crippen LogP contribution in [0.5, 0.6) is 0 Å². The number of hydrogen-bond donors (Lipinski definition) is 1. The normalized spacial score (nSPS) is 19.5. The summed E-state index contributed by atoms with van der Waals surface area (Å²) in [5.74, 6) is 0.292. The van der Waals surface area contributed by atoms with E-state index in [0.717, 1.165) is 31.5 Å². The first-order valence-corrected chi connectivity index (χ1v) is 9.83. The van der Waals surface area contributed by atoms with Crippen LogP contribution in [-0.2, 0) is 15.0 Å². The summed E-state index contributed by atoms with van der Waals surface area (Å²) in [4.78, 5) is 29.3. The van der Waals surface area contributed by atoms with Crippen molar-refractivity contribution in [2.24, 2.45) is 0 Å². The van der Waals surface area contributed by atoms with Gasteiger partial charge >= 0.3 is 0 Å². The third-order valence-electron chi connectivity index (χ3n) is 5.78. The minimum Gasteiger partial charge on any atom is -0.352 e. The van der Waals surface area contributed by atoms with Crippen LogP contribution < -0.4 is 5.32 Å². The molecule has 3 rings (SSSR count). The van der Waals surface area contributed by atoms with Crippen LogP contribution in [0.2, 0.25) is 0 Å². The van der Waals surface area contributed by atoms with Crippen molar-refractivity contribution in [2.45, 2.75) is 51.0 Å². The molecule has 0 atom stereocenters. The fraction of sp³-hybridized carbons (Fsp3) is 0.619. The van der Waals surface area contributed by atoms with Gasteiger partial charge in [-0.05, 0) is 32.3 Å². The number of amides is 2. The van der Waals surface area contributed by atoms with Crippen molar-refractivity contribution in [3.63, 3.8) is 0 Å². The first-order valence-electron chi connectivity index (χ1n) is 9.83. The topological polar surface area (TPSA) is 52.7 Å². The predicted molar refractivity (Wildman–Crippen MR) is 103 cm³/mol. The number of rotatable bonds is 5. The number of nitrogens with zero attached hydrogens (tertiary/aromatic N) is 2. The second kappa shape index (κ2) is 8.21. The Morgan fingerprint density at radius 1 is 1.04 bits per heavy atom. The molecule has 0 radical (unpaired) electrons. The average molecular weight is 357 g/mol. The lowest BCUT2D eigenvalue weighted by molar-refractivity contribution is -0.138. The number of hydrogen-bond acceptors (Lipinski definition) is 3. The van der Waals surface area contributed by atoms with Crippen LogP contribution in [0.25, 0.3) is 0 Å². The van der Waals surface area contributed by atoms with Gasteiger partial charge in [0.2, 0.25) is 11.8 Å². The molecule has 142 valence electrons. The van der Waals surface area contributed by atoms with E-state index < -0.39 is 5.41 Å². The SMILES string of the molecule is CC(C)(C(=O)N1CCN(CC(=O)NC2CCCC2)CC1)c1ccccc1. The van der Waals surface area contributed by atoms with Gasteiger partial charge in [0, 0.05) is 32.2 Å². The average Bonchev–Trinajstić information content (AvgIpc) is 3.15. The molecular formula is C21H31N3O2. The number of carbonyl (C=O) groups is 2. The Morgan fingerprint density at radius 2 is 1.65 bits per heavy atom. The fourth-order valence-electron chi connectivity index (χ4n) is 4.03. The van der Waals surface area contributed by atoms with Crippen molar-refractivity contribution >= 4 is 11.8 Å². The molecule has 0 aromatic heterocycles. The molecule has 26 heavy (non-hydrogen) atoms. The molecule has 0 unspecified atom stereocenters. The quantitative estimate of drug-likeness (QED) is 0.879. The summed E-state index contributed by atoms with van der Waals surface area (Å²) >= 11 is 0. The summed E-state index contributed by atoms with van der Waals surface area (Å²) in [7, 11) is 0. The predicted octanol–water partition coefficient (Wildman–Crippen LogP) is 2.17. The van der Waals surface area contributed by atoms with E-state index in [9.17, 15) is 9.59 Å². The number of piperazine rings is 1. The molecule has 1 heterocycles. The van der Waals surface area contributed by atoms with Gasteiger partial charge in [-0.25, -0.2) is 0 Å². The van der Waals surface area contributed by atoms with Crippen molar-refractivity contribution in [2.75, 3.05) is 32.7 Å². The Balaban J connectivity index is 1.48. The third kappa shape index (κ3) is 4.44. The van der Waals surface area contributed by atoms with Gasteiger partial charge < -0.3 is 10.2 Å². The Bertz CT molecular complexity index is 615. The molecule has 1 saturated carbocycles. The van der Waals surface area contributed by atoms with E-state index in [4.69, 9.17) is 0 Å². The molecule has 5 nitrogen and oxygen atoms in total. The highest BCUT2D eigenvalue weighted by molar-refractivity contribution is 5.87. The van der Waals surface area contributed by atoms with Crippen LogP contribution in [0.15, 0.2) is 30.3 Å². The summed E-state index contributed by atoms with van der Waals surface area (Å²) in [6, 6.07) is 10.3. The molecule has 1 N–H and O–H groups in total. The van der Waals surface area contributed by atoms with Gasteiger partial charge in [0.25, 0.3) is 0 Å². The second-order valence-corrected chi connectivity index (χ2v) is 8.11. The number of carbonyl (C=O) groups excluding carboxylic acids is 2. The van der Waals surface area contributed by atoms with Crippen LogP contribution in [0.3, 0.4) is 0 Å². The highest BCUT2D eigenvalue weighted by Gasteiger charge is 2.35. The van der Waals surface area contributed by atoms with Gasteiger partial charge in [-0.3, -0.25) is 14.5 Å². The first kappa shape index (κ1) is 18.9. The molecule has 0 spiro atoms. The van der Waals surface area contributed by atoms with Crippen molar-refractivity contribution in [3.8, 4) is 0 Å². The van der Waals surface area contributed by atoms with E-state index in [-0.39, 0.29) is 11.8 Å². The highest BCUT2D eigenvalue weighted by Crippen LogP contribution is 2.26. The lowest BCUT2D eigenvalue weighted by Crippen LogP contribution is -2.54. The van der Waals surface area contributed by atoms with Gasteiger partial charge in [0.15, 0.2) is 0 Å². The minimum absolute atomic E-state index is 0.126. The van der Waals surface area contributed by atoms with Gasteiger partial charge in [-0.2, -0.15) is 0 Å². The van der Waals surface area contributed by atoms with Crippen LogP contribution in [0, 0.1) is 0 Å². The van der Waals surface area contributed by atoms with Crippen molar-refractivity contribution in [1.29, 1.82) is 0 Å². The molecule has 1 aromatic carbocycles. The standard InChI is InChI=1S/C21H31N3O2/c1-21(2,17-8-4-3-5-9-17)20(26)24-14-12-23(13-15-24)16-19(25)22-18-10-6-7-11-18/h3-5,8-9,18H,6-7,10-16H2,1-2H3,(H,22,25). The van der Waals surface area contributed by atoms with Crippen LogP contribution in [0.1, 0.15) is 45.1 Å². The fourth-order valence-corrected chi connectivity index (χ4v) is 4.03. The summed E-state index contributed by atoms with van der Waals surface area (Å²) < 4.78 is 0. The van der Waals surface area contributed by atoms with E-state index in [0.29, 0.717) is 25.7 Å². The molecule has 1 aromatic rings. The zero-order chi connectivity index (χ0) is 18.6. The van der Waals surface area contributed by atoms with E-state index in [1.54, 1.807) is 0 Å². The van der Waals surface area contributed by atoms with Crippen molar-refractivity contribution in [1.82, 2.24) is 15.1 Å². The molecular weight excluding hydrogens is 326 g/mol. The lowest BCUT2D eigenvalue weighted by atomic mass is 9.83. The van der Waals surface area contributed by atoms with Gasteiger partial charge in [0.05, 0.1) is 12.0 Å². The smallest absolute Gasteiger partial charge is 0.234 e. The van der Waals surface area contributed by atoms with Crippen LogP contribution in [0.4, 0.5) is 0 Å². The van der Waals surface area contributed by atoms with Crippen LogP contribution in [-0.4, -0.2) is 60.4 Å². The van der Waals surface area contributed by atoms with E-state index in [2.05, 4.69) is 10.2 Å². The van der Waals surface area contributed by atoms with E-state index in [1.165, 1.54) is 12.8 Å². The highest BCUT2D eigenvalue weighted by atomic mass is 16.2. The van der Waals surface area contributed by atoms with Crippen molar-refractivity contribution < 1.29 is 9.59 Å². The molecule has 0 bridgehead atoms. The second-order valence-electron chi connectivity index (χ2n) is 8.11. The molecule has 5 heteroatoms. The van der Waals surface area contributed by atoms with E-state index >= 15 is 0 Å². The molecule has 2 amide bonds. The number of nitrogens with one attached hydrogen (secondary N) is 1. The summed E-state index contributed by atoms with van der Waals surface area (Å²) in [6.07, 6.45) is 4.68. The third-order valence-corrected chi connectivity index (χ3v) is 5.78. The first-order chi connectivity index (χ1) is 12.5. The molecule has 1 aliphatic heterocycles. The largest absolute Gasteiger partial charge is 0.352 e. The Labute approximate surface area is 156 Å². The number of benzene rings is 1. The Kier molecular flexibility index (Phi) is 5.97. The summed E-state index contributed by atoms with van der Waals surface area (Å²) in [5.41, 5.74) is 0.520. The summed E-state index contributed by atoms with van der Waals surface area (Å²) in [6.45, 7) is 7.32. The van der Waals surface area contributed by atoms with Gasteiger partial charge in [-0.15, -0.1) is 0 Å². The summed E-state index contributed by atoms with van der Waals surface area (Å²) in [5, 5.41) is 3.14. The molecule has 1 saturated heterocycles. The van der Waals surface area contributed by atoms with Gasteiger partial charge in [-0.1, -0.05) is 43.2 Å². The van der Waals surface area contributed by atoms with Crippen molar-refractivity contribution in [3.05, 3.63) is 35.9 Å². The van der Waals surface area contributed by atoms with Gasteiger partial charge in [0.1, 0.15) is 0 Å². The zero-order valence-electron chi connectivity index (χ0n) is 16.0. The van der Waals surface area contributed by atoms with E-state index in [1.807, 2.05) is 49.1 Å². The maximum atomic E-state index is 13.0. The Hall–Kier alpha value is -1.88. The molecule has 2 aliphatic rings.